The average molecular weight is 340 g/mol. The molecule has 7 nitrogen and oxygen atoms in total. The second-order valence-electron chi connectivity index (χ2n) is 6.54. The molecule has 0 radical (unpaired) electrons. The van der Waals surface area contributed by atoms with Crippen LogP contribution in [0.1, 0.15) is 24.2 Å². The Kier molecular flexibility index (Phi) is 5.42. The van der Waals surface area contributed by atoms with Crippen molar-refractivity contribution in [2.75, 3.05) is 42.5 Å². The number of hydrogen-bond acceptors (Lipinski definition) is 6. The number of nitrogens with zero attached hydrogens (tertiary/aromatic N) is 5. The lowest BCUT2D eigenvalue weighted by atomic mass is 10.2. The maximum atomic E-state index is 12.0. The quantitative estimate of drug-likeness (QED) is 0.891. The molecule has 25 heavy (non-hydrogen) atoms. The minimum Gasteiger partial charge on any atom is -0.353 e. The summed E-state index contributed by atoms with van der Waals surface area (Å²) in [4.78, 5) is 29.5. The number of hydrogen-bond donors (Lipinski definition) is 1. The van der Waals surface area contributed by atoms with Crippen LogP contribution in [0.15, 0.2) is 36.8 Å². The van der Waals surface area contributed by atoms with E-state index in [0.29, 0.717) is 24.0 Å². The molecule has 0 aliphatic carbocycles. The van der Waals surface area contributed by atoms with E-state index in [-0.39, 0.29) is 5.91 Å². The highest BCUT2D eigenvalue weighted by Crippen LogP contribution is 2.15. The van der Waals surface area contributed by atoms with Crippen LogP contribution in [0.25, 0.3) is 0 Å². The number of pyridine rings is 1. The number of amides is 1. The molecular weight excluding hydrogens is 316 g/mol. The van der Waals surface area contributed by atoms with Gasteiger partial charge in [0.1, 0.15) is 5.82 Å². The van der Waals surface area contributed by atoms with Crippen LogP contribution in [-0.4, -0.2) is 53.6 Å². The first-order valence-electron chi connectivity index (χ1n) is 8.64. The number of carbonyl (C=O) groups excluding carboxylic acids is 1. The normalized spacial score (nSPS) is 14.7. The van der Waals surface area contributed by atoms with Crippen molar-refractivity contribution >= 4 is 17.7 Å². The van der Waals surface area contributed by atoms with E-state index >= 15 is 0 Å². The van der Waals surface area contributed by atoms with E-state index in [1.54, 1.807) is 12.4 Å². The minimum atomic E-state index is -0.125. The molecule has 1 aliphatic heterocycles. The van der Waals surface area contributed by atoms with Gasteiger partial charge in [0.2, 0.25) is 5.95 Å². The molecule has 3 rings (SSSR count). The van der Waals surface area contributed by atoms with Crippen molar-refractivity contribution in [2.45, 2.75) is 13.8 Å². The highest BCUT2D eigenvalue weighted by atomic mass is 16.1. The lowest BCUT2D eigenvalue weighted by Crippen LogP contribution is -2.47. The molecule has 3 heterocycles. The Balaban J connectivity index is 1.56. The molecule has 1 aliphatic rings. The smallest absolute Gasteiger partial charge is 0.254 e. The van der Waals surface area contributed by atoms with E-state index in [2.05, 4.69) is 43.9 Å². The fourth-order valence-electron chi connectivity index (χ4n) is 2.68. The third kappa shape index (κ3) is 4.43. The molecule has 1 fully saturated rings. The molecular formula is C18H24N6O. The van der Waals surface area contributed by atoms with Crippen molar-refractivity contribution in [1.29, 1.82) is 0 Å². The zero-order chi connectivity index (χ0) is 17.6. The van der Waals surface area contributed by atoms with E-state index in [1.807, 2.05) is 24.4 Å². The van der Waals surface area contributed by atoms with Crippen molar-refractivity contribution in [3.63, 3.8) is 0 Å². The Hall–Kier alpha value is -2.70. The van der Waals surface area contributed by atoms with Crippen LogP contribution in [0.5, 0.6) is 0 Å². The Morgan fingerprint density at radius 2 is 1.76 bits per heavy atom. The summed E-state index contributed by atoms with van der Waals surface area (Å²) in [6.07, 6.45) is 5.01. The van der Waals surface area contributed by atoms with Gasteiger partial charge in [-0.2, -0.15) is 0 Å². The van der Waals surface area contributed by atoms with Crippen LogP contribution < -0.4 is 15.1 Å². The monoisotopic (exact) mass is 340 g/mol. The third-order valence-corrected chi connectivity index (χ3v) is 4.11. The van der Waals surface area contributed by atoms with Crippen LogP contribution in [0.3, 0.4) is 0 Å². The Morgan fingerprint density at radius 1 is 1.08 bits per heavy atom. The van der Waals surface area contributed by atoms with Gasteiger partial charge < -0.3 is 15.1 Å². The summed E-state index contributed by atoms with van der Waals surface area (Å²) in [5.74, 6) is 1.96. The predicted octanol–water partition coefficient (Wildman–Crippen LogP) is 1.58. The van der Waals surface area contributed by atoms with Crippen molar-refractivity contribution < 1.29 is 4.79 Å². The third-order valence-electron chi connectivity index (χ3n) is 4.11. The summed E-state index contributed by atoms with van der Waals surface area (Å²) in [6, 6.07) is 5.95. The first kappa shape index (κ1) is 17.1. The lowest BCUT2D eigenvalue weighted by Gasteiger charge is -2.35. The summed E-state index contributed by atoms with van der Waals surface area (Å²) in [5.41, 5.74) is 0.497. The van der Waals surface area contributed by atoms with Crippen molar-refractivity contribution in [3.8, 4) is 0 Å². The van der Waals surface area contributed by atoms with E-state index < -0.39 is 0 Å². The fraction of sp³-hybridized carbons (Fsp3) is 0.444. The fourth-order valence-corrected chi connectivity index (χ4v) is 2.68. The Labute approximate surface area is 148 Å². The van der Waals surface area contributed by atoms with Crippen LogP contribution in [-0.2, 0) is 0 Å². The van der Waals surface area contributed by atoms with Gasteiger partial charge in [-0.25, -0.2) is 15.0 Å². The molecule has 2 aromatic heterocycles. The number of nitrogens with one attached hydrogen (secondary N) is 1. The molecule has 1 saturated heterocycles. The summed E-state index contributed by atoms with van der Waals surface area (Å²) in [6.45, 7) is 8.17. The molecule has 1 N–H and O–H groups in total. The first-order valence-corrected chi connectivity index (χ1v) is 8.64. The molecule has 1 amide bonds. The number of piperazine rings is 1. The van der Waals surface area contributed by atoms with Gasteiger partial charge in [-0.15, -0.1) is 0 Å². The standard InChI is InChI=1S/C18H24N6O/c1-14(2)11-20-17(25)15-12-21-18(22-13-15)24-9-7-23(8-10-24)16-5-3-4-6-19-16/h3-6,12-14H,7-11H2,1-2H3,(H,20,25). The highest BCUT2D eigenvalue weighted by molar-refractivity contribution is 5.93. The molecule has 0 saturated carbocycles. The SMILES string of the molecule is CC(C)CNC(=O)c1cnc(N2CCN(c3ccccn3)CC2)nc1. The average Bonchev–Trinajstić information content (AvgIpc) is 2.67. The van der Waals surface area contributed by atoms with Crippen molar-refractivity contribution in [1.82, 2.24) is 20.3 Å². The number of anilines is 2. The summed E-state index contributed by atoms with van der Waals surface area (Å²) in [7, 11) is 0. The topological polar surface area (TPSA) is 74.2 Å². The molecule has 132 valence electrons. The van der Waals surface area contributed by atoms with Gasteiger partial charge in [-0.05, 0) is 18.1 Å². The van der Waals surface area contributed by atoms with E-state index in [4.69, 9.17) is 0 Å². The maximum absolute atomic E-state index is 12.0. The van der Waals surface area contributed by atoms with Gasteiger partial charge in [0, 0.05) is 51.3 Å². The highest BCUT2D eigenvalue weighted by Gasteiger charge is 2.20. The molecule has 0 spiro atoms. The van der Waals surface area contributed by atoms with Gasteiger partial charge in [0.05, 0.1) is 5.56 Å². The van der Waals surface area contributed by atoms with Gasteiger partial charge in [-0.3, -0.25) is 4.79 Å². The molecule has 7 heteroatoms. The summed E-state index contributed by atoms with van der Waals surface area (Å²) >= 11 is 0. The second kappa shape index (κ2) is 7.92. The summed E-state index contributed by atoms with van der Waals surface area (Å²) in [5, 5.41) is 2.88. The molecule has 0 unspecified atom stereocenters. The van der Waals surface area contributed by atoms with Crippen LogP contribution in [0, 0.1) is 5.92 Å². The number of rotatable bonds is 5. The number of aromatic nitrogens is 3. The van der Waals surface area contributed by atoms with Gasteiger partial charge in [0.25, 0.3) is 5.91 Å². The van der Waals surface area contributed by atoms with E-state index in [1.165, 1.54) is 0 Å². The molecule has 2 aromatic rings. The van der Waals surface area contributed by atoms with Crippen LogP contribution in [0.4, 0.5) is 11.8 Å². The summed E-state index contributed by atoms with van der Waals surface area (Å²) < 4.78 is 0. The molecule has 0 aromatic carbocycles. The van der Waals surface area contributed by atoms with Crippen LogP contribution >= 0.6 is 0 Å². The van der Waals surface area contributed by atoms with E-state index in [0.717, 1.165) is 32.0 Å². The Bertz CT molecular complexity index is 680. The number of carbonyl (C=O) groups is 1. The van der Waals surface area contributed by atoms with Crippen molar-refractivity contribution in [3.05, 3.63) is 42.4 Å². The molecule has 0 atom stereocenters. The van der Waals surface area contributed by atoms with Gasteiger partial charge in [0.15, 0.2) is 0 Å². The lowest BCUT2D eigenvalue weighted by molar-refractivity contribution is 0.0948. The van der Waals surface area contributed by atoms with Crippen LogP contribution in [0.2, 0.25) is 0 Å². The molecule has 0 bridgehead atoms. The predicted molar refractivity (Wildman–Crippen MR) is 97.9 cm³/mol. The van der Waals surface area contributed by atoms with Gasteiger partial charge >= 0.3 is 0 Å². The minimum absolute atomic E-state index is 0.125. The zero-order valence-corrected chi connectivity index (χ0v) is 14.7. The van der Waals surface area contributed by atoms with Crippen molar-refractivity contribution in [2.24, 2.45) is 5.92 Å². The largest absolute Gasteiger partial charge is 0.353 e. The van der Waals surface area contributed by atoms with E-state index in [9.17, 15) is 4.79 Å². The van der Waals surface area contributed by atoms with Gasteiger partial charge in [-0.1, -0.05) is 19.9 Å². The first-order chi connectivity index (χ1) is 12.1. The Morgan fingerprint density at radius 3 is 2.36 bits per heavy atom. The zero-order valence-electron chi connectivity index (χ0n) is 14.7. The second-order valence-corrected chi connectivity index (χ2v) is 6.54. The maximum Gasteiger partial charge on any atom is 0.254 e.